The molecule has 2 aromatic carbocycles. The Balaban J connectivity index is 2.02. The summed E-state index contributed by atoms with van der Waals surface area (Å²) in [6.07, 6.45) is 0.231. The molecule has 0 aliphatic carbocycles. The van der Waals surface area contributed by atoms with Crippen LogP contribution >= 0.6 is 0 Å². The Kier molecular flexibility index (Phi) is 8.54. The highest BCUT2D eigenvalue weighted by atomic mass is 32.2. The fourth-order valence-corrected chi connectivity index (χ4v) is 3.90. The summed E-state index contributed by atoms with van der Waals surface area (Å²) >= 11 is 0. The van der Waals surface area contributed by atoms with Crippen LogP contribution in [0.1, 0.15) is 18.9 Å². The molecule has 0 unspecified atom stereocenters. The van der Waals surface area contributed by atoms with E-state index in [9.17, 15) is 23.7 Å². The Morgan fingerprint density at radius 3 is 2.07 bits per heavy atom. The Hall–Kier alpha value is -3.00. The number of hydrogen-bond acceptors (Lipinski definition) is 4. The summed E-state index contributed by atoms with van der Waals surface area (Å²) in [4.78, 5) is 36.3. The Labute approximate surface area is 172 Å². The van der Waals surface area contributed by atoms with Gasteiger partial charge in [0.1, 0.15) is 12.1 Å². The van der Waals surface area contributed by atoms with Gasteiger partial charge >= 0.3 is 5.97 Å². The Morgan fingerprint density at radius 2 is 1.52 bits per heavy atom. The number of carboxylic acids is 1. The van der Waals surface area contributed by atoms with Gasteiger partial charge in [-0.3, -0.25) is 13.8 Å². The minimum absolute atomic E-state index is 0.000702. The molecule has 3 N–H and O–H groups in total. The smallest absolute Gasteiger partial charge is 0.326 e. The van der Waals surface area contributed by atoms with Gasteiger partial charge in [0.05, 0.1) is 10.8 Å². The predicted molar refractivity (Wildman–Crippen MR) is 110 cm³/mol. The Morgan fingerprint density at radius 1 is 0.931 bits per heavy atom. The zero-order valence-electron chi connectivity index (χ0n) is 16.0. The molecule has 0 saturated carbocycles. The zero-order chi connectivity index (χ0) is 21.2. The molecule has 2 aromatic rings. The molecule has 2 amide bonds. The van der Waals surface area contributed by atoms with Crippen molar-refractivity contribution in [3.8, 4) is 0 Å². The van der Waals surface area contributed by atoms with Crippen molar-refractivity contribution in [2.24, 2.45) is 0 Å². The van der Waals surface area contributed by atoms with Gasteiger partial charge in [-0.25, -0.2) is 4.79 Å². The summed E-state index contributed by atoms with van der Waals surface area (Å²) in [5, 5.41) is 14.5. The molecule has 29 heavy (non-hydrogen) atoms. The monoisotopic (exact) mass is 416 g/mol. The van der Waals surface area contributed by atoms with Crippen LogP contribution in [0.5, 0.6) is 0 Å². The van der Waals surface area contributed by atoms with Crippen LogP contribution in [0, 0.1) is 0 Å². The van der Waals surface area contributed by atoms with Gasteiger partial charge in [0.25, 0.3) is 0 Å². The summed E-state index contributed by atoms with van der Waals surface area (Å²) in [6, 6.07) is 15.7. The number of benzene rings is 2. The van der Waals surface area contributed by atoms with Crippen LogP contribution in [-0.2, 0) is 31.6 Å². The van der Waals surface area contributed by atoms with Crippen molar-refractivity contribution < 1.29 is 23.7 Å². The fourth-order valence-electron chi connectivity index (χ4n) is 2.75. The standard InChI is InChI=1S/C21H24N2O5S/c1-15(24)22-19(14-16-8-4-2-5-9-16)20(25)23-18(21(26)27)12-13-29(28)17-10-6-3-7-11-17/h2-11,18-19H,12-14H2,1H3,(H,22,24)(H,23,25)(H,26,27)/t18-,19-,29-/m1/s1. The molecule has 8 heteroatoms. The number of carbonyl (C=O) groups excluding carboxylic acids is 2. The Bertz CT molecular complexity index is 858. The maximum atomic E-state index is 12.6. The lowest BCUT2D eigenvalue weighted by atomic mass is 10.0. The molecule has 154 valence electrons. The third kappa shape index (κ3) is 7.50. The average Bonchev–Trinajstić information content (AvgIpc) is 2.71. The quantitative estimate of drug-likeness (QED) is 0.543. The first-order valence-electron chi connectivity index (χ1n) is 9.14. The molecule has 0 heterocycles. The van der Waals surface area contributed by atoms with Crippen LogP contribution in [0.25, 0.3) is 0 Å². The normalized spacial score (nSPS) is 13.7. The van der Waals surface area contributed by atoms with E-state index in [2.05, 4.69) is 10.6 Å². The lowest BCUT2D eigenvalue weighted by Gasteiger charge is -2.21. The highest BCUT2D eigenvalue weighted by molar-refractivity contribution is 7.85. The fraction of sp³-hybridized carbons (Fsp3) is 0.286. The number of aliphatic carboxylic acids is 1. The second kappa shape index (κ2) is 11.1. The third-order valence-corrected chi connectivity index (χ3v) is 5.59. The number of rotatable bonds is 10. The third-order valence-electron chi connectivity index (χ3n) is 4.19. The topological polar surface area (TPSA) is 113 Å². The van der Waals surface area contributed by atoms with Crippen molar-refractivity contribution in [2.75, 3.05) is 5.75 Å². The van der Waals surface area contributed by atoms with Crippen LogP contribution in [0.2, 0.25) is 0 Å². The van der Waals surface area contributed by atoms with Gasteiger partial charge in [0.2, 0.25) is 11.8 Å². The summed E-state index contributed by atoms with van der Waals surface area (Å²) in [5.41, 5.74) is 0.832. The number of carboxylic acid groups (broad SMARTS) is 1. The van der Waals surface area contributed by atoms with Crippen LogP contribution in [-0.4, -0.2) is 44.9 Å². The lowest BCUT2D eigenvalue weighted by Crippen LogP contribution is -2.52. The van der Waals surface area contributed by atoms with Gasteiger partial charge in [0, 0.05) is 24.0 Å². The summed E-state index contributed by atoms with van der Waals surface area (Å²) in [6.45, 7) is 1.29. The van der Waals surface area contributed by atoms with E-state index in [1.165, 1.54) is 6.92 Å². The van der Waals surface area contributed by atoms with Crippen LogP contribution in [0.15, 0.2) is 65.6 Å². The van der Waals surface area contributed by atoms with E-state index in [4.69, 9.17) is 0 Å². The number of amides is 2. The van der Waals surface area contributed by atoms with E-state index < -0.39 is 40.7 Å². The van der Waals surface area contributed by atoms with E-state index in [0.717, 1.165) is 5.56 Å². The largest absolute Gasteiger partial charge is 0.480 e. The van der Waals surface area contributed by atoms with E-state index in [1.807, 2.05) is 30.3 Å². The molecule has 0 bridgehead atoms. The molecule has 2 rings (SSSR count). The van der Waals surface area contributed by atoms with Crippen molar-refractivity contribution in [3.63, 3.8) is 0 Å². The zero-order valence-corrected chi connectivity index (χ0v) is 16.9. The predicted octanol–water partition coefficient (Wildman–Crippen LogP) is 1.50. The second-order valence-corrected chi connectivity index (χ2v) is 8.06. The van der Waals surface area contributed by atoms with Crippen molar-refractivity contribution in [2.45, 2.75) is 36.7 Å². The number of hydrogen-bond donors (Lipinski definition) is 3. The van der Waals surface area contributed by atoms with Crippen molar-refractivity contribution in [3.05, 3.63) is 66.2 Å². The first-order chi connectivity index (χ1) is 13.9. The van der Waals surface area contributed by atoms with E-state index in [-0.39, 0.29) is 18.6 Å². The second-order valence-electron chi connectivity index (χ2n) is 6.49. The molecular formula is C21H24N2O5S. The first-order valence-corrected chi connectivity index (χ1v) is 10.5. The molecule has 0 aromatic heterocycles. The maximum absolute atomic E-state index is 12.6. The maximum Gasteiger partial charge on any atom is 0.326 e. The van der Waals surface area contributed by atoms with E-state index >= 15 is 0 Å². The minimum atomic E-state index is -1.37. The number of carbonyl (C=O) groups is 3. The van der Waals surface area contributed by atoms with Gasteiger partial charge in [-0.1, -0.05) is 48.5 Å². The molecule has 7 nitrogen and oxygen atoms in total. The highest BCUT2D eigenvalue weighted by Crippen LogP contribution is 2.09. The molecule has 0 radical (unpaired) electrons. The average molecular weight is 416 g/mol. The van der Waals surface area contributed by atoms with Gasteiger partial charge in [0.15, 0.2) is 0 Å². The van der Waals surface area contributed by atoms with Crippen LogP contribution in [0.3, 0.4) is 0 Å². The van der Waals surface area contributed by atoms with Crippen LogP contribution in [0.4, 0.5) is 0 Å². The highest BCUT2D eigenvalue weighted by Gasteiger charge is 2.26. The van der Waals surface area contributed by atoms with Crippen LogP contribution < -0.4 is 10.6 Å². The molecule has 0 saturated heterocycles. The van der Waals surface area contributed by atoms with Gasteiger partial charge in [-0.2, -0.15) is 0 Å². The SMILES string of the molecule is CC(=O)N[C@H](Cc1ccccc1)C(=O)N[C@H](CC[S@@](=O)c1ccccc1)C(=O)O. The van der Waals surface area contributed by atoms with Crippen molar-refractivity contribution in [1.29, 1.82) is 0 Å². The molecular weight excluding hydrogens is 392 g/mol. The van der Waals surface area contributed by atoms with Gasteiger partial charge < -0.3 is 15.7 Å². The lowest BCUT2D eigenvalue weighted by molar-refractivity contribution is -0.142. The molecule has 0 fully saturated rings. The number of nitrogens with one attached hydrogen (secondary N) is 2. The van der Waals surface area contributed by atoms with Crippen molar-refractivity contribution >= 4 is 28.6 Å². The molecule has 3 atom stereocenters. The van der Waals surface area contributed by atoms with E-state index in [0.29, 0.717) is 4.90 Å². The summed E-state index contributed by atoms with van der Waals surface area (Å²) < 4.78 is 12.3. The van der Waals surface area contributed by atoms with Gasteiger partial charge in [-0.15, -0.1) is 0 Å². The van der Waals surface area contributed by atoms with E-state index in [1.54, 1.807) is 30.3 Å². The van der Waals surface area contributed by atoms with Crippen molar-refractivity contribution in [1.82, 2.24) is 10.6 Å². The van der Waals surface area contributed by atoms with Gasteiger partial charge in [-0.05, 0) is 24.1 Å². The molecule has 0 spiro atoms. The summed E-state index contributed by atoms with van der Waals surface area (Å²) in [7, 11) is -1.37. The summed E-state index contributed by atoms with van der Waals surface area (Å²) in [5.74, 6) is -2.12. The molecule has 0 aliphatic heterocycles. The first kappa shape index (κ1) is 22.3. The molecule has 0 aliphatic rings. The minimum Gasteiger partial charge on any atom is -0.480 e.